The fraction of sp³-hybridized carbons (Fsp3) is 0.375. The molecule has 1 atom stereocenters. The van der Waals surface area contributed by atoms with E-state index in [1.54, 1.807) is 19.3 Å². The van der Waals surface area contributed by atoms with Crippen LogP contribution in [0.1, 0.15) is 31.0 Å². The SMILES string of the molecule is COc1cc(/C=C/C(=O)NCC(c2ccccc2)N(C)C)ccc1OCC(C)C. The van der Waals surface area contributed by atoms with Gasteiger partial charge in [0.25, 0.3) is 0 Å². The molecule has 0 saturated carbocycles. The fourth-order valence-electron chi connectivity index (χ4n) is 2.87. The number of hydrogen-bond donors (Lipinski definition) is 1. The molecule has 0 bridgehead atoms. The van der Waals surface area contributed by atoms with E-state index in [4.69, 9.17) is 9.47 Å². The number of hydrogen-bond acceptors (Lipinski definition) is 4. The molecule has 0 heterocycles. The molecule has 156 valence electrons. The summed E-state index contributed by atoms with van der Waals surface area (Å²) in [4.78, 5) is 14.4. The van der Waals surface area contributed by atoms with E-state index in [1.165, 1.54) is 5.56 Å². The first-order valence-corrected chi connectivity index (χ1v) is 9.88. The monoisotopic (exact) mass is 396 g/mol. The first kappa shape index (κ1) is 22.5. The maximum absolute atomic E-state index is 12.3. The summed E-state index contributed by atoms with van der Waals surface area (Å²) < 4.78 is 11.2. The van der Waals surface area contributed by atoms with Gasteiger partial charge < -0.3 is 19.7 Å². The lowest BCUT2D eigenvalue weighted by atomic mass is 10.1. The summed E-state index contributed by atoms with van der Waals surface area (Å²) >= 11 is 0. The molecule has 5 heteroatoms. The van der Waals surface area contributed by atoms with Crippen LogP contribution in [0.3, 0.4) is 0 Å². The van der Waals surface area contributed by atoms with E-state index in [-0.39, 0.29) is 11.9 Å². The van der Waals surface area contributed by atoms with Crippen molar-refractivity contribution in [2.45, 2.75) is 19.9 Å². The molecule has 0 saturated heterocycles. The van der Waals surface area contributed by atoms with Gasteiger partial charge in [0.05, 0.1) is 19.8 Å². The van der Waals surface area contributed by atoms with E-state index in [1.807, 2.05) is 50.5 Å². The second-order valence-corrected chi connectivity index (χ2v) is 7.58. The van der Waals surface area contributed by atoms with Crippen LogP contribution in [0.15, 0.2) is 54.6 Å². The molecular formula is C24H32N2O3. The van der Waals surface area contributed by atoms with Crippen molar-refractivity contribution in [3.63, 3.8) is 0 Å². The average Bonchev–Trinajstić information content (AvgIpc) is 2.71. The van der Waals surface area contributed by atoms with Gasteiger partial charge in [-0.05, 0) is 49.3 Å². The van der Waals surface area contributed by atoms with Crippen LogP contribution in [0, 0.1) is 5.92 Å². The second-order valence-electron chi connectivity index (χ2n) is 7.58. The van der Waals surface area contributed by atoms with Crippen LogP contribution in [0.2, 0.25) is 0 Å². The minimum Gasteiger partial charge on any atom is -0.493 e. The maximum Gasteiger partial charge on any atom is 0.244 e. The zero-order valence-corrected chi connectivity index (χ0v) is 18.0. The highest BCUT2D eigenvalue weighted by atomic mass is 16.5. The summed E-state index contributed by atoms with van der Waals surface area (Å²) in [5.41, 5.74) is 2.05. The maximum atomic E-state index is 12.3. The lowest BCUT2D eigenvalue weighted by molar-refractivity contribution is -0.116. The molecule has 2 rings (SSSR count). The Labute approximate surface area is 174 Å². The molecule has 0 aliphatic carbocycles. The largest absolute Gasteiger partial charge is 0.493 e. The van der Waals surface area contributed by atoms with Crippen molar-refractivity contribution in [1.82, 2.24) is 10.2 Å². The first-order chi connectivity index (χ1) is 13.9. The lowest BCUT2D eigenvalue weighted by Crippen LogP contribution is -2.33. The lowest BCUT2D eigenvalue weighted by Gasteiger charge is -2.24. The van der Waals surface area contributed by atoms with Crippen LogP contribution in [0.5, 0.6) is 11.5 Å². The first-order valence-electron chi connectivity index (χ1n) is 9.88. The van der Waals surface area contributed by atoms with Gasteiger partial charge in [0.2, 0.25) is 5.91 Å². The van der Waals surface area contributed by atoms with Crippen LogP contribution in [0.4, 0.5) is 0 Å². The van der Waals surface area contributed by atoms with Crippen molar-refractivity contribution in [3.8, 4) is 11.5 Å². The summed E-state index contributed by atoms with van der Waals surface area (Å²) in [6.07, 6.45) is 3.32. The quantitative estimate of drug-likeness (QED) is 0.613. The number of carbonyl (C=O) groups excluding carboxylic acids is 1. The second kappa shape index (κ2) is 11.3. The third-order valence-electron chi connectivity index (χ3n) is 4.46. The molecule has 0 aromatic heterocycles. The van der Waals surface area contributed by atoms with E-state index < -0.39 is 0 Å². The summed E-state index contributed by atoms with van der Waals surface area (Å²) in [6, 6.07) is 15.9. The van der Waals surface area contributed by atoms with Crippen LogP contribution < -0.4 is 14.8 Å². The number of nitrogens with zero attached hydrogens (tertiary/aromatic N) is 1. The van der Waals surface area contributed by atoms with Crippen molar-refractivity contribution in [1.29, 1.82) is 0 Å². The van der Waals surface area contributed by atoms with Gasteiger partial charge >= 0.3 is 0 Å². The zero-order valence-electron chi connectivity index (χ0n) is 18.0. The molecule has 2 aromatic carbocycles. The van der Waals surface area contributed by atoms with Gasteiger partial charge in [0, 0.05) is 12.6 Å². The van der Waals surface area contributed by atoms with E-state index >= 15 is 0 Å². The Kier molecular flexibility index (Phi) is 8.74. The summed E-state index contributed by atoms with van der Waals surface area (Å²) in [5.74, 6) is 1.67. The van der Waals surface area contributed by atoms with Gasteiger partial charge in [-0.3, -0.25) is 4.79 Å². The number of carbonyl (C=O) groups is 1. The van der Waals surface area contributed by atoms with Crippen molar-refractivity contribution in [2.75, 3.05) is 34.4 Å². The van der Waals surface area contributed by atoms with E-state index in [9.17, 15) is 4.79 Å². The molecule has 1 N–H and O–H groups in total. The van der Waals surface area contributed by atoms with Crippen LogP contribution >= 0.6 is 0 Å². The predicted molar refractivity (Wildman–Crippen MR) is 118 cm³/mol. The number of likely N-dealkylation sites (N-methyl/N-ethyl adjacent to an activating group) is 1. The van der Waals surface area contributed by atoms with Gasteiger partial charge in [-0.2, -0.15) is 0 Å². The highest BCUT2D eigenvalue weighted by Gasteiger charge is 2.14. The Bertz CT molecular complexity index is 801. The fourth-order valence-corrected chi connectivity index (χ4v) is 2.87. The number of rotatable bonds is 10. The number of methoxy groups -OCH3 is 1. The third kappa shape index (κ3) is 7.27. The van der Waals surface area contributed by atoms with E-state index in [2.05, 4.69) is 36.2 Å². The molecular weight excluding hydrogens is 364 g/mol. The van der Waals surface area contributed by atoms with Crippen molar-refractivity contribution >= 4 is 12.0 Å². The standard InChI is InChI=1S/C24H32N2O3/c1-18(2)17-29-22-13-11-19(15-23(22)28-5)12-14-24(27)25-16-21(26(3)4)20-9-7-6-8-10-20/h6-15,18,21H,16-17H2,1-5H3,(H,25,27)/b14-12+. The molecule has 0 aliphatic heterocycles. The molecule has 1 amide bonds. The Morgan fingerprint density at radius 1 is 1.10 bits per heavy atom. The van der Waals surface area contributed by atoms with Crippen molar-refractivity contribution in [2.24, 2.45) is 5.92 Å². The number of benzene rings is 2. The van der Waals surface area contributed by atoms with Crippen LogP contribution in [0.25, 0.3) is 6.08 Å². The minimum atomic E-state index is -0.133. The van der Waals surface area contributed by atoms with E-state index in [0.717, 1.165) is 5.56 Å². The molecule has 0 spiro atoms. The van der Waals surface area contributed by atoms with Crippen molar-refractivity contribution in [3.05, 3.63) is 65.7 Å². The average molecular weight is 397 g/mol. The summed E-state index contributed by atoms with van der Waals surface area (Å²) in [6.45, 7) is 5.36. The van der Waals surface area contributed by atoms with Gasteiger partial charge in [0.15, 0.2) is 11.5 Å². The highest BCUT2D eigenvalue weighted by molar-refractivity contribution is 5.91. The smallest absolute Gasteiger partial charge is 0.244 e. The Morgan fingerprint density at radius 2 is 1.83 bits per heavy atom. The topological polar surface area (TPSA) is 50.8 Å². The minimum absolute atomic E-state index is 0.117. The predicted octanol–water partition coefficient (Wildman–Crippen LogP) is 4.16. The zero-order chi connectivity index (χ0) is 21.2. The van der Waals surface area contributed by atoms with Gasteiger partial charge in [-0.15, -0.1) is 0 Å². The summed E-state index contributed by atoms with van der Waals surface area (Å²) in [7, 11) is 5.63. The molecule has 5 nitrogen and oxygen atoms in total. The van der Waals surface area contributed by atoms with Crippen LogP contribution in [-0.4, -0.2) is 45.2 Å². The third-order valence-corrected chi connectivity index (χ3v) is 4.46. The Balaban J connectivity index is 1.97. The van der Waals surface area contributed by atoms with Crippen LogP contribution in [-0.2, 0) is 4.79 Å². The normalized spacial score (nSPS) is 12.4. The highest BCUT2D eigenvalue weighted by Crippen LogP contribution is 2.29. The molecule has 0 fully saturated rings. The molecule has 29 heavy (non-hydrogen) atoms. The number of ether oxygens (including phenoxy) is 2. The summed E-state index contributed by atoms with van der Waals surface area (Å²) in [5, 5.41) is 2.98. The Hall–Kier alpha value is -2.79. The molecule has 1 unspecified atom stereocenters. The number of nitrogens with one attached hydrogen (secondary N) is 1. The molecule has 0 aliphatic rings. The Morgan fingerprint density at radius 3 is 2.45 bits per heavy atom. The van der Waals surface area contributed by atoms with E-state index in [0.29, 0.717) is 30.6 Å². The van der Waals surface area contributed by atoms with Crippen molar-refractivity contribution < 1.29 is 14.3 Å². The van der Waals surface area contributed by atoms with Gasteiger partial charge in [-0.1, -0.05) is 50.2 Å². The molecule has 2 aromatic rings. The van der Waals surface area contributed by atoms with Gasteiger partial charge in [-0.25, -0.2) is 0 Å². The number of amides is 1. The molecule has 0 radical (unpaired) electrons. The van der Waals surface area contributed by atoms with Gasteiger partial charge in [0.1, 0.15) is 0 Å².